The smallest absolute Gasteiger partial charge is 0.00965 e. The van der Waals surface area contributed by atoms with Crippen LogP contribution in [0, 0.1) is 11.8 Å². The first-order chi connectivity index (χ1) is 5.99. The maximum absolute atomic E-state index is 3.57. The quantitative estimate of drug-likeness (QED) is 0.708. The molecule has 0 heterocycles. The van der Waals surface area contributed by atoms with E-state index in [0.29, 0.717) is 5.54 Å². The van der Waals surface area contributed by atoms with Crippen LogP contribution in [0.3, 0.4) is 0 Å². The van der Waals surface area contributed by atoms with Crippen molar-refractivity contribution in [2.45, 2.75) is 58.9 Å². The SMILES string of the molecule is CC1CCCC1CCNC(C)(C)C. The molecule has 1 saturated carbocycles. The van der Waals surface area contributed by atoms with E-state index in [-0.39, 0.29) is 0 Å². The molecule has 1 aliphatic rings. The van der Waals surface area contributed by atoms with E-state index in [1.807, 2.05) is 0 Å². The summed E-state index contributed by atoms with van der Waals surface area (Å²) in [5, 5.41) is 3.57. The van der Waals surface area contributed by atoms with Gasteiger partial charge in [-0.15, -0.1) is 0 Å². The van der Waals surface area contributed by atoms with Gasteiger partial charge < -0.3 is 5.32 Å². The third kappa shape index (κ3) is 4.12. The summed E-state index contributed by atoms with van der Waals surface area (Å²) >= 11 is 0. The zero-order valence-corrected chi connectivity index (χ0v) is 9.69. The third-order valence-electron chi connectivity index (χ3n) is 3.21. The van der Waals surface area contributed by atoms with Crippen LogP contribution in [-0.2, 0) is 0 Å². The fraction of sp³-hybridized carbons (Fsp3) is 1.00. The predicted molar refractivity (Wildman–Crippen MR) is 58.9 cm³/mol. The van der Waals surface area contributed by atoms with E-state index in [9.17, 15) is 0 Å². The second kappa shape index (κ2) is 4.45. The second-order valence-corrected chi connectivity index (χ2v) is 5.63. The molecule has 0 saturated heterocycles. The van der Waals surface area contributed by atoms with Crippen molar-refractivity contribution < 1.29 is 0 Å². The maximum Gasteiger partial charge on any atom is 0.00965 e. The monoisotopic (exact) mass is 183 g/mol. The minimum Gasteiger partial charge on any atom is -0.312 e. The summed E-state index contributed by atoms with van der Waals surface area (Å²) in [5.41, 5.74) is 0.293. The van der Waals surface area contributed by atoms with Crippen LogP contribution in [0.4, 0.5) is 0 Å². The lowest BCUT2D eigenvalue weighted by Gasteiger charge is -2.23. The molecule has 2 atom stereocenters. The van der Waals surface area contributed by atoms with Crippen molar-refractivity contribution >= 4 is 0 Å². The first kappa shape index (κ1) is 11.0. The standard InChI is InChI=1S/C12H25N/c1-10-6-5-7-11(10)8-9-13-12(2,3)4/h10-11,13H,5-9H2,1-4H3. The molecule has 1 aliphatic carbocycles. The van der Waals surface area contributed by atoms with E-state index in [1.165, 1.54) is 32.2 Å². The van der Waals surface area contributed by atoms with Gasteiger partial charge in [0.1, 0.15) is 0 Å². The normalized spacial score (nSPS) is 29.5. The van der Waals surface area contributed by atoms with Gasteiger partial charge in [-0.2, -0.15) is 0 Å². The van der Waals surface area contributed by atoms with Gasteiger partial charge >= 0.3 is 0 Å². The summed E-state index contributed by atoms with van der Waals surface area (Å²) < 4.78 is 0. The Kier molecular flexibility index (Phi) is 3.78. The van der Waals surface area contributed by atoms with Crippen LogP contribution in [0.1, 0.15) is 53.4 Å². The number of hydrogen-bond donors (Lipinski definition) is 1. The Labute approximate surface area is 83.3 Å². The van der Waals surface area contributed by atoms with Gasteiger partial charge in [-0.25, -0.2) is 0 Å². The first-order valence-corrected chi connectivity index (χ1v) is 5.74. The van der Waals surface area contributed by atoms with Crippen molar-refractivity contribution in [3.63, 3.8) is 0 Å². The van der Waals surface area contributed by atoms with Crippen molar-refractivity contribution in [1.82, 2.24) is 5.32 Å². The summed E-state index contributed by atoms with van der Waals surface area (Å²) in [6.07, 6.45) is 5.76. The first-order valence-electron chi connectivity index (χ1n) is 5.74. The molecule has 0 aromatic rings. The van der Waals surface area contributed by atoms with Crippen LogP contribution in [0.5, 0.6) is 0 Å². The average molecular weight is 183 g/mol. The van der Waals surface area contributed by atoms with Crippen LogP contribution >= 0.6 is 0 Å². The summed E-state index contributed by atoms with van der Waals surface area (Å²) in [4.78, 5) is 0. The van der Waals surface area contributed by atoms with Crippen LogP contribution in [-0.4, -0.2) is 12.1 Å². The fourth-order valence-corrected chi connectivity index (χ4v) is 2.28. The van der Waals surface area contributed by atoms with Crippen LogP contribution in [0.15, 0.2) is 0 Å². The van der Waals surface area contributed by atoms with E-state index in [1.54, 1.807) is 0 Å². The molecule has 0 aromatic heterocycles. The molecule has 13 heavy (non-hydrogen) atoms. The lowest BCUT2D eigenvalue weighted by molar-refractivity contribution is 0.347. The summed E-state index contributed by atoms with van der Waals surface area (Å²) in [5.74, 6) is 1.97. The summed E-state index contributed by atoms with van der Waals surface area (Å²) in [6.45, 7) is 10.3. The van der Waals surface area contributed by atoms with E-state index in [0.717, 1.165) is 11.8 Å². The number of hydrogen-bond acceptors (Lipinski definition) is 1. The minimum absolute atomic E-state index is 0.293. The van der Waals surface area contributed by atoms with Crippen molar-refractivity contribution in [2.75, 3.05) is 6.54 Å². The van der Waals surface area contributed by atoms with E-state index in [2.05, 4.69) is 33.0 Å². The zero-order chi connectivity index (χ0) is 9.90. The van der Waals surface area contributed by atoms with Crippen molar-refractivity contribution in [2.24, 2.45) is 11.8 Å². The van der Waals surface area contributed by atoms with Gasteiger partial charge in [0.2, 0.25) is 0 Å². The summed E-state index contributed by atoms with van der Waals surface area (Å²) in [6, 6.07) is 0. The Morgan fingerprint density at radius 2 is 1.92 bits per heavy atom. The Balaban J connectivity index is 2.12. The van der Waals surface area contributed by atoms with E-state index in [4.69, 9.17) is 0 Å². The molecule has 0 aliphatic heterocycles. The molecule has 0 amide bonds. The molecular formula is C12H25N. The average Bonchev–Trinajstić information content (AvgIpc) is 2.34. The lowest BCUT2D eigenvalue weighted by Crippen LogP contribution is -2.37. The molecule has 1 heteroatoms. The molecule has 2 unspecified atom stereocenters. The van der Waals surface area contributed by atoms with Crippen molar-refractivity contribution in [3.8, 4) is 0 Å². The minimum atomic E-state index is 0.293. The molecular weight excluding hydrogens is 158 g/mol. The molecule has 1 rings (SSSR count). The van der Waals surface area contributed by atoms with Crippen molar-refractivity contribution in [1.29, 1.82) is 0 Å². The van der Waals surface area contributed by atoms with Gasteiger partial charge in [-0.05, 0) is 45.6 Å². The topological polar surface area (TPSA) is 12.0 Å². The third-order valence-corrected chi connectivity index (χ3v) is 3.21. The van der Waals surface area contributed by atoms with Gasteiger partial charge in [0.15, 0.2) is 0 Å². The van der Waals surface area contributed by atoms with Gasteiger partial charge in [-0.1, -0.05) is 26.2 Å². The molecule has 1 nitrogen and oxygen atoms in total. The number of rotatable bonds is 3. The maximum atomic E-state index is 3.57. The van der Waals surface area contributed by atoms with Gasteiger partial charge in [0.05, 0.1) is 0 Å². The fourth-order valence-electron chi connectivity index (χ4n) is 2.28. The van der Waals surface area contributed by atoms with Crippen molar-refractivity contribution in [3.05, 3.63) is 0 Å². The predicted octanol–water partition coefficient (Wildman–Crippen LogP) is 3.20. The molecule has 78 valence electrons. The summed E-state index contributed by atoms with van der Waals surface area (Å²) in [7, 11) is 0. The Morgan fingerprint density at radius 1 is 1.23 bits per heavy atom. The largest absolute Gasteiger partial charge is 0.312 e. The Bertz CT molecular complexity index is 146. The lowest BCUT2D eigenvalue weighted by atomic mass is 9.94. The van der Waals surface area contributed by atoms with Crippen LogP contribution in [0.2, 0.25) is 0 Å². The highest BCUT2D eigenvalue weighted by molar-refractivity contribution is 4.77. The molecule has 0 bridgehead atoms. The van der Waals surface area contributed by atoms with Crippen LogP contribution < -0.4 is 5.32 Å². The van der Waals surface area contributed by atoms with Crippen LogP contribution in [0.25, 0.3) is 0 Å². The van der Waals surface area contributed by atoms with Gasteiger partial charge in [-0.3, -0.25) is 0 Å². The van der Waals surface area contributed by atoms with Gasteiger partial charge in [0.25, 0.3) is 0 Å². The van der Waals surface area contributed by atoms with E-state index >= 15 is 0 Å². The molecule has 1 fully saturated rings. The van der Waals surface area contributed by atoms with Gasteiger partial charge in [0, 0.05) is 5.54 Å². The highest BCUT2D eigenvalue weighted by Crippen LogP contribution is 2.33. The van der Waals surface area contributed by atoms with E-state index < -0.39 is 0 Å². The number of nitrogens with one attached hydrogen (secondary N) is 1. The highest BCUT2D eigenvalue weighted by atomic mass is 14.9. The Morgan fingerprint density at radius 3 is 2.38 bits per heavy atom. The molecule has 1 N–H and O–H groups in total. The Hall–Kier alpha value is -0.0400. The second-order valence-electron chi connectivity index (χ2n) is 5.63. The molecule has 0 radical (unpaired) electrons. The molecule has 0 aromatic carbocycles. The zero-order valence-electron chi connectivity index (χ0n) is 9.69. The highest BCUT2D eigenvalue weighted by Gasteiger charge is 2.23. The molecule has 0 spiro atoms.